The van der Waals surface area contributed by atoms with E-state index in [-0.39, 0.29) is 12.5 Å². The topological polar surface area (TPSA) is 65.2 Å². The van der Waals surface area contributed by atoms with Crippen LogP contribution < -0.4 is 5.32 Å². The molecule has 11 heteroatoms. The number of carbonyl (C=O) groups excluding carboxylic acids is 2. The molecule has 39 heavy (non-hydrogen) atoms. The maximum absolute atomic E-state index is 13.7. The van der Waals surface area contributed by atoms with Gasteiger partial charge in [-0.1, -0.05) is 48.5 Å². The Hall–Kier alpha value is -4.28. The third-order valence-electron chi connectivity index (χ3n) is 6.67. The van der Waals surface area contributed by atoms with E-state index in [2.05, 4.69) is 10.3 Å². The average Bonchev–Trinajstić information content (AvgIpc) is 3.29. The van der Waals surface area contributed by atoms with E-state index < -0.39 is 59.5 Å². The van der Waals surface area contributed by atoms with Crippen LogP contribution in [0, 0.1) is 0 Å². The highest BCUT2D eigenvalue weighted by Crippen LogP contribution is 2.37. The first-order valence-corrected chi connectivity index (χ1v) is 11.9. The van der Waals surface area contributed by atoms with E-state index in [1.165, 1.54) is 0 Å². The smallest absolute Gasteiger partial charge is 0.361 e. The molecule has 0 bridgehead atoms. The van der Waals surface area contributed by atoms with E-state index in [9.17, 15) is 35.9 Å². The standard InChI is InChI=1S/C28H21F6N3O2/c29-27(30,31)19-10-16(11-20(13-19)28(32,33)34)15-37-24(17-6-2-1-3-7-17)25(38)36-23(26(37)39)12-18-14-35-22-9-5-4-8-21(18)22/h1-11,13-14,23-24,35H,12,15H2,(H,36,38). The van der Waals surface area contributed by atoms with Crippen LogP contribution in [0.2, 0.25) is 0 Å². The van der Waals surface area contributed by atoms with E-state index in [0.717, 1.165) is 21.4 Å². The van der Waals surface area contributed by atoms with Gasteiger partial charge in [-0.25, -0.2) is 0 Å². The highest BCUT2D eigenvalue weighted by atomic mass is 19.4. The Morgan fingerprint density at radius 3 is 2.05 bits per heavy atom. The Morgan fingerprint density at radius 2 is 1.41 bits per heavy atom. The van der Waals surface area contributed by atoms with Gasteiger partial charge in [-0.15, -0.1) is 0 Å². The Balaban J connectivity index is 1.55. The van der Waals surface area contributed by atoms with Crippen LogP contribution >= 0.6 is 0 Å². The van der Waals surface area contributed by atoms with Gasteiger partial charge < -0.3 is 15.2 Å². The highest BCUT2D eigenvalue weighted by Gasteiger charge is 2.42. The Morgan fingerprint density at radius 1 is 0.795 bits per heavy atom. The zero-order chi connectivity index (χ0) is 27.9. The quantitative estimate of drug-likeness (QED) is 0.302. The molecule has 202 valence electrons. The van der Waals surface area contributed by atoms with Gasteiger partial charge in [-0.05, 0) is 41.0 Å². The third-order valence-corrected chi connectivity index (χ3v) is 6.67. The molecule has 5 rings (SSSR count). The van der Waals surface area contributed by atoms with Gasteiger partial charge in [0.05, 0.1) is 11.1 Å². The van der Waals surface area contributed by atoms with E-state index in [1.54, 1.807) is 36.5 Å². The number of nitrogens with zero attached hydrogens (tertiary/aromatic N) is 1. The lowest BCUT2D eigenvalue weighted by molar-refractivity contribution is -0.150. The van der Waals surface area contributed by atoms with Crippen molar-refractivity contribution in [3.8, 4) is 0 Å². The van der Waals surface area contributed by atoms with Crippen molar-refractivity contribution in [3.63, 3.8) is 0 Å². The van der Waals surface area contributed by atoms with E-state index in [1.807, 2.05) is 24.3 Å². The molecular weight excluding hydrogens is 524 g/mol. The second-order valence-electron chi connectivity index (χ2n) is 9.32. The number of aromatic nitrogens is 1. The van der Waals surface area contributed by atoms with Gasteiger partial charge >= 0.3 is 12.4 Å². The van der Waals surface area contributed by atoms with Crippen molar-refractivity contribution in [3.05, 3.63) is 107 Å². The Kier molecular flexibility index (Phi) is 6.61. The molecule has 1 aliphatic heterocycles. The molecule has 1 aliphatic rings. The summed E-state index contributed by atoms with van der Waals surface area (Å²) in [5, 5.41) is 3.52. The molecule has 0 spiro atoms. The van der Waals surface area contributed by atoms with Crippen molar-refractivity contribution >= 4 is 22.7 Å². The lowest BCUT2D eigenvalue weighted by Crippen LogP contribution is -2.59. The van der Waals surface area contributed by atoms with Crippen LogP contribution in [-0.4, -0.2) is 27.7 Å². The Labute approximate surface area is 218 Å². The van der Waals surface area contributed by atoms with Crippen LogP contribution in [0.3, 0.4) is 0 Å². The molecule has 1 fully saturated rings. The van der Waals surface area contributed by atoms with Crippen LogP contribution in [0.25, 0.3) is 10.9 Å². The van der Waals surface area contributed by atoms with Crippen molar-refractivity contribution in [2.75, 3.05) is 0 Å². The molecule has 3 aromatic carbocycles. The summed E-state index contributed by atoms with van der Waals surface area (Å²) in [5.41, 5.74) is -1.48. The highest BCUT2D eigenvalue weighted by molar-refractivity contribution is 5.98. The monoisotopic (exact) mass is 545 g/mol. The molecule has 4 aromatic rings. The zero-order valence-electron chi connectivity index (χ0n) is 20.1. The fourth-order valence-electron chi connectivity index (χ4n) is 4.88. The minimum atomic E-state index is -5.05. The normalized spacial score (nSPS) is 18.5. The number of hydrogen-bond acceptors (Lipinski definition) is 2. The number of rotatable bonds is 5. The molecule has 2 unspecified atom stereocenters. The number of amides is 2. The Bertz CT molecular complexity index is 1500. The van der Waals surface area contributed by atoms with E-state index in [4.69, 9.17) is 0 Å². The number of H-pyrrole nitrogens is 1. The molecule has 2 atom stereocenters. The zero-order valence-corrected chi connectivity index (χ0v) is 20.1. The van der Waals surface area contributed by atoms with Gasteiger partial charge in [0.25, 0.3) is 0 Å². The van der Waals surface area contributed by atoms with Crippen molar-refractivity contribution in [2.24, 2.45) is 0 Å². The summed E-state index contributed by atoms with van der Waals surface area (Å²) in [6.07, 6.45) is -8.32. The first-order valence-electron chi connectivity index (χ1n) is 11.9. The molecule has 1 saturated heterocycles. The summed E-state index contributed by atoms with van der Waals surface area (Å²) in [4.78, 5) is 31.2. The fraction of sp³-hybridized carbons (Fsp3) is 0.214. The number of fused-ring (bicyclic) bond motifs is 1. The molecule has 2 heterocycles. The number of nitrogens with one attached hydrogen (secondary N) is 2. The largest absolute Gasteiger partial charge is 0.416 e. The minimum absolute atomic E-state index is 0.0305. The summed E-state index contributed by atoms with van der Waals surface area (Å²) in [7, 11) is 0. The predicted octanol–water partition coefficient (Wildman–Crippen LogP) is 6.02. The SMILES string of the molecule is O=C1NC(Cc2c[nH]c3ccccc23)C(=O)N(Cc2cc(C(F)(F)F)cc(C(F)(F)F)c2)C1c1ccccc1. The third kappa shape index (κ3) is 5.34. The lowest BCUT2D eigenvalue weighted by Gasteiger charge is -2.39. The molecular formula is C28H21F6N3O2. The molecule has 1 aromatic heterocycles. The summed E-state index contributed by atoms with van der Waals surface area (Å²) in [6.45, 7) is -0.636. The van der Waals surface area contributed by atoms with Crippen molar-refractivity contribution in [2.45, 2.75) is 37.4 Å². The van der Waals surface area contributed by atoms with E-state index >= 15 is 0 Å². The van der Waals surface area contributed by atoms with Crippen molar-refractivity contribution in [1.82, 2.24) is 15.2 Å². The van der Waals surface area contributed by atoms with E-state index in [0.29, 0.717) is 17.7 Å². The van der Waals surface area contributed by atoms with Gasteiger partial charge in [-0.3, -0.25) is 9.59 Å². The predicted molar refractivity (Wildman–Crippen MR) is 130 cm³/mol. The molecule has 0 saturated carbocycles. The molecule has 0 radical (unpaired) electrons. The molecule has 2 amide bonds. The van der Waals surface area contributed by atoms with Crippen molar-refractivity contribution < 1.29 is 35.9 Å². The molecule has 2 N–H and O–H groups in total. The number of halogens is 6. The molecule has 5 nitrogen and oxygen atoms in total. The first-order chi connectivity index (χ1) is 18.4. The second kappa shape index (κ2) is 9.79. The van der Waals surface area contributed by atoms with Crippen LogP contribution in [0.4, 0.5) is 26.3 Å². The summed E-state index contributed by atoms with van der Waals surface area (Å²) in [5.74, 6) is -1.21. The van der Waals surface area contributed by atoms with Crippen LogP contribution in [0.15, 0.2) is 79.0 Å². The average molecular weight is 545 g/mol. The number of para-hydroxylation sites is 1. The van der Waals surface area contributed by atoms with Gasteiger partial charge in [0, 0.05) is 30.1 Å². The number of piperazine rings is 1. The maximum atomic E-state index is 13.7. The fourth-order valence-corrected chi connectivity index (χ4v) is 4.88. The number of carbonyl (C=O) groups is 2. The van der Waals surface area contributed by atoms with Crippen LogP contribution in [0.1, 0.15) is 33.9 Å². The summed E-state index contributed by atoms with van der Waals surface area (Å²) >= 11 is 0. The van der Waals surface area contributed by atoms with Crippen LogP contribution in [0.5, 0.6) is 0 Å². The maximum Gasteiger partial charge on any atom is 0.416 e. The number of hydrogen-bond donors (Lipinski definition) is 2. The summed E-state index contributed by atoms with van der Waals surface area (Å²) in [6, 6.07) is 14.2. The number of aromatic amines is 1. The number of benzene rings is 3. The van der Waals surface area contributed by atoms with Gasteiger partial charge in [0.2, 0.25) is 11.8 Å². The van der Waals surface area contributed by atoms with Gasteiger partial charge in [0.15, 0.2) is 0 Å². The van der Waals surface area contributed by atoms with Gasteiger partial charge in [0.1, 0.15) is 12.1 Å². The van der Waals surface area contributed by atoms with Crippen LogP contribution in [-0.2, 0) is 34.9 Å². The minimum Gasteiger partial charge on any atom is -0.361 e. The first kappa shape index (κ1) is 26.3. The van der Waals surface area contributed by atoms with Crippen molar-refractivity contribution in [1.29, 1.82) is 0 Å². The number of alkyl halides is 6. The lowest BCUT2D eigenvalue weighted by atomic mass is 9.95. The van der Waals surface area contributed by atoms with Gasteiger partial charge in [-0.2, -0.15) is 26.3 Å². The summed E-state index contributed by atoms with van der Waals surface area (Å²) < 4.78 is 80.9. The second-order valence-corrected chi connectivity index (χ2v) is 9.32. The molecule has 0 aliphatic carbocycles.